The molecular weight excluding hydrogens is 262 g/mol. The SMILES string of the molecule is CC(CCNC(=O)c1ccc(O)c(O)c1)CCC(=O)O. The van der Waals surface area contributed by atoms with Gasteiger partial charge in [-0.1, -0.05) is 6.92 Å². The molecule has 1 amide bonds. The third kappa shape index (κ3) is 5.17. The molecule has 0 aliphatic carbocycles. The van der Waals surface area contributed by atoms with Crippen LogP contribution in [0.2, 0.25) is 0 Å². The van der Waals surface area contributed by atoms with E-state index in [-0.39, 0.29) is 35.3 Å². The fourth-order valence-electron chi connectivity index (χ4n) is 1.71. The summed E-state index contributed by atoms with van der Waals surface area (Å²) in [4.78, 5) is 22.2. The van der Waals surface area contributed by atoms with Crippen LogP contribution in [0.1, 0.15) is 36.5 Å². The molecule has 0 spiro atoms. The molecule has 0 saturated heterocycles. The highest BCUT2D eigenvalue weighted by Crippen LogP contribution is 2.24. The number of aliphatic carboxylic acids is 1. The van der Waals surface area contributed by atoms with Crippen molar-refractivity contribution in [3.05, 3.63) is 23.8 Å². The molecule has 110 valence electrons. The first kappa shape index (κ1) is 15.8. The molecule has 6 heteroatoms. The van der Waals surface area contributed by atoms with E-state index < -0.39 is 5.97 Å². The van der Waals surface area contributed by atoms with Gasteiger partial charge in [0, 0.05) is 18.5 Å². The number of rotatable bonds is 7. The molecule has 20 heavy (non-hydrogen) atoms. The lowest BCUT2D eigenvalue weighted by atomic mass is 10.0. The molecule has 0 fully saturated rings. The highest BCUT2D eigenvalue weighted by atomic mass is 16.4. The van der Waals surface area contributed by atoms with E-state index in [1.807, 2.05) is 6.92 Å². The fraction of sp³-hybridized carbons (Fsp3) is 0.429. The van der Waals surface area contributed by atoms with Crippen LogP contribution >= 0.6 is 0 Å². The van der Waals surface area contributed by atoms with Crippen LogP contribution in [0.4, 0.5) is 0 Å². The quantitative estimate of drug-likeness (QED) is 0.569. The monoisotopic (exact) mass is 281 g/mol. The topological polar surface area (TPSA) is 107 Å². The molecule has 1 unspecified atom stereocenters. The standard InChI is InChI=1S/C14H19NO5/c1-9(2-5-13(18)19)6-7-15-14(20)10-3-4-11(16)12(17)8-10/h3-4,8-9,16-17H,2,5-7H2,1H3,(H,15,20)(H,18,19). The molecule has 0 saturated carbocycles. The third-order valence-corrected chi connectivity index (χ3v) is 3.01. The molecule has 0 radical (unpaired) electrons. The van der Waals surface area contributed by atoms with Gasteiger partial charge < -0.3 is 20.6 Å². The van der Waals surface area contributed by atoms with Gasteiger partial charge >= 0.3 is 5.97 Å². The molecule has 0 aliphatic rings. The van der Waals surface area contributed by atoms with E-state index in [1.165, 1.54) is 18.2 Å². The normalized spacial score (nSPS) is 11.8. The summed E-state index contributed by atoms with van der Waals surface area (Å²) in [6, 6.07) is 3.86. The summed E-state index contributed by atoms with van der Waals surface area (Å²) in [7, 11) is 0. The van der Waals surface area contributed by atoms with Crippen molar-refractivity contribution in [1.82, 2.24) is 5.32 Å². The summed E-state index contributed by atoms with van der Waals surface area (Å²) < 4.78 is 0. The Balaban J connectivity index is 2.36. The molecule has 1 rings (SSSR count). The zero-order valence-corrected chi connectivity index (χ0v) is 11.3. The van der Waals surface area contributed by atoms with Gasteiger partial charge in [0.15, 0.2) is 11.5 Å². The molecule has 0 heterocycles. The van der Waals surface area contributed by atoms with E-state index in [9.17, 15) is 14.7 Å². The number of hydrogen-bond acceptors (Lipinski definition) is 4. The minimum Gasteiger partial charge on any atom is -0.504 e. The van der Waals surface area contributed by atoms with Gasteiger partial charge in [-0.25, -0.2) is 0 Å². The Labute approximate surface area is 117 Å². The van der Waals surface area contributed by atoms with Crippen LogP contribution in [-0.4, -0.2) is 33.7 Å². The number of phenols is 2. The minimum atomic E-state index is -0.819. The maximum atomic E-state index is 11.8. The number of benzene rings is 1. The summed E-state index contributed by atoms with van der Waals surface area (Å²) in [6.07, 6.45) is 1.38. The predicted octanol–water partition coefficient (Wildman–Crippen LogP) is 1.72. The van der Waals surface area contributed by atoms with Gasteiger partial charge in [0.25, 0.3) is 5.91 Å². The van der Waals surface area contributed by atoms with E-state index in [2.05, 4.69) is 5.32 Å². The Kier molecular flexibility index (Phi) is 5.83. The van der Waals surface area contributed by atoms with Crippen molar-refractivity contribution in [2.45, 2.75) is 26.2 Å². The summed E-state index contributed by atoms with van der Waals surface area (Å²) in [5, 5.41) is 29.7. The number of carboxylic acid groups (broad SMARTS) is 1. The summed E-state index contributed by atoms with van der Waals surface area (Å²) >= 11 is 0. The highest BCUT2D eigenvalue weighted by molar-refractivity contribution is 5.94. The number of phenolic OH excluding ortho intramolecular Hbond substituents is 2. The van der Waals surface area contributed by atoms with Crippen molar-refractivity contribution in [2.75, 3.05) is 6.54 Å². The Hall–Kier alpha value is -2.24. The smallest absolute Gasteiger partial charge is 0.303 e. The Morgan fingerprint density at radius 2 is 1.90 bits per heavy atom. The van der Waals surface area contributed by atoms with E-state index >= 15 is 0 Å². The van der Waals surface area contributed by atoms with Crippen molar-refractivity contribution in [3.63, 3.8) is 0 Å². The molecule has 1 aromatic rings. The van der Waals surface area contributed by atoms with E-state index in [1.54, 1.807) is 0 Å². The van der Waals surface area contributed by atoms with Gasteiger partial charge in [0.05, 0.1) is 0 Å². The van der Waals surface area contributed by atoms with Crippen LogP contribution in [0.5, 0.6) is 11.5 Å². The van der Waals surface area contributed by atoms with Crippen molar-refractivity contribution >= 4 is 11.9 Å². The molecule has 1 atom stereocenters. The number of carbonyl (C=O) groups excluding carboxylic acids is 1. The van der Waals surface area contributed by atoms with Crippen LogP contribution < -0.4 is 5.32 Å². The van der Waals surface area contributed by atoms with Crippen LogP contribution in [0.3, 0.4) is 0 Å². The van der Waals surface area contributed by atoms with Crippen molar-refractivity contribution < 1.29 is 24.9 Å². The summed E-state index contributed by atoms with van der Waals surface area (Å²) in [5.41, 5.74) is 0.262. The first-order valence-electron chi connectivity index (χ1n) is 6.42. The first-order valence-corrected chi connectivity index (χ1v) is 6.42. The fourth-order valence-corrected chi connectivity index (χ4v) is 1.71. The van der Waals surface area contributed by atoms with E-state index in [4.69, 9.17) is 10.2 Å². The van der Waals surface area contributed by atoms with Gasteiger partial charge in [-0.2, -0.15) is 0 Å². The lowest BCUT2D eigenvalue weighted by molar-refractivity contribution is -0.137. The van der Waals surface area contributed by atoms with Crippen LogP contribution in [0.15, 0.2) is 18.2 Å². The maximum absolute atomic E-state index is 11.8. The van der Waals surface area contributed by atoms with E-state index in [0.717, 1.165) is 0 Å². The lowest BCUT2D eigenvalue weighted by Crippen LogP contribution is -2.25. The average Bonchev–Trinajstić information content (AvgIpc) is 2.39. The highest BCUT2D eigenvalue weighted by Gasteiger charge is 2.10. The first-order chi connectivity index (χ1) is 9.40. The number of nitrogens with one attached hydrogen (secondary N) is 1. The number of amides is 1. The second-order valence-electron chi connectivity index (χ2n) is 4.79. The van der Waals surface area contributed by atoms with Crippen LogP contribution in [-0.2, 0) is 4.79 Å². The Morgan fingerprint density at radius 1 is 1.20 bits per heavy atom. The number of hydrogen-bond donors (Lipinski definition) is 4. The number of carboxylic acids is 1. The van der Waals surface area contributed by atoms with Gasteiger partial charge in [0.1, 0.15) is 0 Å². The Bertz CT molecular complexity index is 486. The zero-order chi connectivity index (χ0) is 15.1. The van der Waals surface area contributed by atoms with Crippen molar-refractivity contribution in [2.24, 2.45) is 5.92 Å². The second kappa shape index (κ2) is 7.37. The third-order valence-electron chi connectivity index (χ3n) is 3.01. The molecular formula is C14H19NO5. The molecule has 1 aromatic carbocycles. The largest absolute Gasteiger partial charge is 0.504 e. The summed E-state index contributed by atoms with van der Waals surface area (Å²) in [5.74, 6) is -1.57. The van der Waals surface area contributed by atoms with Gasteiger partial charge in [-0.15, -0.1) is 0 Å². The van der Waals surface area contributed by atoms with Crippen LogP contribution in [0, 0.1) is 5.92 Å². The van der Waals surface area contributed by atoms with Gasteiger partial charge in [-0.3, -0.25) is 9.59 Å². The van der Waals surface area contributed by atoms with Gasteiger partial charge in [0.2, 0.25) is 0 Å². The zero-order valence-electron chi connectivity index (χ0n) is 11.3. The molecule has 0 aliphatic heterocycles. The van der Waals surface area contributed by atoms with Crippen molar-refractivity contribution in [1.29, 1.82) is 0 Å². The lowest BCUT2D eigenvalue weighted by Gasteiger charge is -2.11. The number of carbonyl (C=O) groups is 2. The predicted molar refractivity (Wildman–Crippen MR) is 72.8 cm³/mol. The molecule has 4 N–H and O–H groups in total. The van der Waals surface area contributed by atoms with Crippen molar-refractivity contribution in [3.8, 4) is 11.5 Å². The molecule has 6 nitrogen and oxygen atoms in total. The maximum Gasteiger partial charge on any atom is 0.303 e. The minimum absolute atomic E-state index is 0.126. The average molecular weight is 281 g/mol. The summed E-state index contributed by atoms with van der Waals surface area (Å²) in [6.45, 7) is 2.36. The number of aromatic hydroxyl groups is 2. The molecule has 0 aromatic heterocycles. The van der Waals surface area contributed by atoms with Gasteiger partial charge in [-0.05, 0) is 37.0 Å². The van der Waals surface area contributed by atoms with E-state index in [0.29, 0.717) is 19.4 Å². The Morgan fingerprint density at radius 3 is 2.50 bits per heavy atom. The molecule has 0 bridgehead atoms. The van der Waals surface area contributed by atoms with Crippen LogP contribution in [0.25, 0.3) is 0 Å². The second-order valence-corrected chi connectivity index (χ2v) is 4.79.